The molecule has 4 heteroatoms. The van der Waals surface area contributed by atoms with Crippen molar-refractivity contribution >= 4 is 32.9 Å². The monoisotopic (exact) mass is 324 g/mol. The Morgan fingerprint density at radius 3 is 2.72 bits per heavy atom. The van der Waals surface area contributed by atoms with Crippen molar-refractivity contribution < 1.29 is 0 Å². The number of nitrogens with zero attached hydrogens (tertiary/aromatic N) is 1. The summed E-state index contributed by atoms with van der Waals surface area (Å²) in [5.74, 6) is 1.04. The van der Waals surface area contributed by atoms with Crippen molar-refractivity contribution in [2.75, 3.05) is 5.75 Å². The van der Waals surface area contributed by atoms with Gasteiger partial charge in [0.25, 0.3) is 0 Å². The predicted molar refractivity (Wildman–Crippen MR) is 82.2 cm³/mol. The van der Waals surface area contributed by atoms with Gasteiger partial charge in [-0.3, -0.25) is 4.99 Å². The number of thioether (sulfide) groups is 1. The number of benzene rings is 1. The van der Waals surface area contributed by atoms with Gasteiger partial charge in [-0.25, -0.2) is 0 Å². The number of rotatable bonds is 2. The molecule has 0 radical (unpaired) electrons. The van der Waals surface area contributed by atoms with Gasteiger partial charge in [0.1, 0.15) is 0 Å². The first-order valence-electron chi connectivity index (χ1n) is 6.43. The lowest BCUT2D eigenvalue weighted by Gasteiger charge is -2.34. The summed E-state index contributed by atoms with van der Waals surface area (Å²) in [6.45, 7) is 0. The Balaban J connectivity index is 2.01. The van der Waals surface area contributed by atoms with E-state index in [-0.39, 0.29) is 5.41 Å². The normalized spacial score (nSPS) is 26.3. The highest BCUT2D eigenvalue weighted by Gasteiger charge is 2.44. The van der Waals surface area contributed by atoms with Crippen LogP contribution in [0.5, 0.6) is 0 Å². The summed E-state index contributed by atoms with van der Waals surface area (Å²) in [5, 5.41) is 0.765. The fourth-order valence-electron chi connectivity index (χ4n) is 3.29. The topological polar surface area (TPSA) is 38.4 Å². The van der Waals surface area contributed by atoms with Gasteiger partial charge in [-0.15, -0.1) is 0 Å². The van der Waals surface area contributed by atoms with Crippen LogP contribution < -0.4 is 5.73 Å². The lowest BCUT2D eigenvalue weighted by Crippen LogP contribution is -2.36. The average Bonchev–Trinajstić information content (AvgIpc) is 2.98. The molecule has 1 atom stereocenters. The number of hydrogen-bond donors (Lipinski definition) is 1. The highest BCUT2D eigenvalue weighted by molar-refractivity contribution is 9.10. The number of nitrogens with two attached hydrogens (primary N) is 1. The van der Waals surface area contributed by atoms with Gasteiger partial charge in [0, 0.05) is 15.6 Å². The van der Waals surface area contributed by atoms with Crippen molar-refractivity contribution in [2.24, 2.45) is 10.7 Å². The zero-order chi connectivity index (χ0) is 12.6. The summed E-state index contributed by atoms with van der Waals surface area (Å²) in [4.78, 5) is 4.69. The van der Waals surface area contributed by atoms with E-state index in [0.29, 0.717) is 6.04 Å². The molecule has 2 nitrogen and oxygen atoms in total. The fraction of sp³-hybridized carbons (Fsp3) is 0.500. The molecule has 96 valence electrons. The van der Waals surface area contributed by atoms with Crippen molar-refractivity contribution in [3.63, 3.8) is 0 Å². The van der Waals surface area contributed by atoms with Crippen molar-refractivity contribution in [2.45, 2.75) is 37.1 Å². The standard InChI is InChI=1S/C14H17BrN2S/c15-11-5-3-4-10(8-11)14(6-1-2-7-14)12-9-18-13(16)17-12/h3-5,8,12H,1-2,6-7,9H2,(H2,16,17). The van der Waals surface area contributed by atoms with Crippen LogP contribution in [-0.4, -0.2) is 17.0 Å². The summed E-state index contributed by atoms with van der Waals surface area (Å²) in [6, 6.07) is 9.10. The zero-order valence-corrected chi connectivity index (χ0v) is 12.6. The quantitative estimate of drug-likeness (QED) is 0.900. The van der Waals surface area contributed by atoms with E-state index in [4.69, 9.17) is 10.7 Å². The molecule has 1 saturated carbocycles. The maximum absolute atomic E-state index is 5.86. The molecule has 0 aromatic heterocycles. The molecule has 1 aromatic carbocycles. The van der Waals surface area contributed by atoms with Crippen LogP contribution in [0, 0.1) is 0 Å². The average molecular weight is 325 g/mol. The Bertz CT molecular complexity index is 480. The van der Waals surface area contributed by atoms with Crippen molar-refractivity contribution in [1.82, 2.24) is 0 Å². The van der Waals surface area contributed by atoms with Crippen molar-refractivity contribution in [3.8, 4) is 0 Å². The van der Waals surface area contributed by atoms with Crippen LogP contribution in [0.4, 0.5) is 0 Å². The van der Waals surface area contributed by atoms with Gasteiger partial charge < -0.3 is 5.73 Å². The van der Waals surface area contributed by atoms with Crippen LogP contribution >= 0.6 is 27.7 Å². The predicted octanol–water partition coefficient (Wildman–Crippen LogP) is 3.69. The highest BCUT2D eigenvalue weighted by Crippen LogP contribution is 2.47. The molecule has 1 aliphatic carbocycles. The summed E-state index contributed by atoms with van der Waals surface area (Å²) < 4.78 is 1.16. The lowest BCUT2D eigenvalue weighted by molar-refractivity contribution is 0.377. The van der Waals surface area contributed by atoms with Gasteiger partial charge >= 0.3 is 0 Å². The van der Waals surface area contributed by atoms with Gasteiger partial charge in [0.05, 0.1) is 6.04 Å². The molecule has 1 unspecified atom stereocenters. The Kier molecular flexibility index (Phi) is 3.41. The van der Waals surface area contributed by atoms with Crippen LogP contribution in [0.15, 0.2) is 33.7 Å². The first-order valence-corrected chi connectivity index (χ1v) is 8.21. The van der Waals surface area contributed by atoms with Crippen molar-refractivity contribution in [1.29, 1.82) is 0 Å². The molecule has 0 amide bonds. The zero-order valence-electron chi connectivity index (χ0n) is 10.2. The Morgan fingerprint density at radius 1 is 1.33 bits per heavy atom. The van der Waals surface area contributed by atoms with Crippen LogP contribution in [0.2, 0.25) is 0 Å². The number of halogens is 1. The summed E-state index contributed by atoms with van der Waals surface area (Å²) in [6.07, 6.45) is 5.10. The molecular formula is C14H17BrN2S. The van der Waals surface area contributed by atoms with Gasteiger partial charge in [-0.2, -0.15) is 0 Å². The first-order chi connectivity index (χ1) is 8.71. The van der Waals surface area contributed by atoms with Crippen LogP contribution in [0.3, 0.4) is 0 Å². The van der Waals surface area contributed by atoms with E-state index in [1.807, 2.05) is 0 Å². The molecule has 2 N–H and O–H groups in total. The molecule has 18 heavy (non-hydrogen) atoms. The molecule has 0 spiro atoms. The molecule has 2 aliphatic rings. The van der Waals surface area contributed by atoms with Crippen molar-refractivity contribution in [3.05, 3.63) is 34.3 Å². The van der Waals surface area contributed by atoms with Gasteiger partial charge in [-0.05, 0) is 30.5 Å². The van der Waals surface area contributed by atoms with Gasteiger partial charge in [0.15, 0.2) is 5.17 Å². The summed E-state index contributed by atoms with van der Waals surface area (Å²) >= 11 is 5.29. The van der Waals surface area contributed by atoms with E-state index in [9.17, 15) is 0 Å². The molecule has 1 heterocycles. The van der Waals surface area contributed by atoms with E-state index < -0.39 is 0 Å². The third-order valence-electron chi connectivity index (χ3n) is 4.21. The van der Waals surface area contributed by atoms with E-state index in [1.165, 1.54) is 31.2 Å². The maximum Gasteiger partial charge on any atom is 0.154 e. The second-order valence-electron chi connectivity index (χ2n) is 5.17. The molecule has 3 rings (SSSR count). The third-order valence-corrected chi connectivity index (χ3v) is 5.58. The highest BCUT2D eigenvalue weighted by atomic mass is 79.9. The van der Waals surface area contributed by atoms with Crippen LogP contribution in [0.1, 0.15) is 31.2 Å². The molecule has 1 aliphatic heterocycles. The Hall–Kier alpha value is -0.480. The largest absolute Gasteiger partial charge is 0.379 e. The van der Waals surface area contributed by atoms with Gasteiger partial charge in [-0.1, -0.05) is 52.7 Å². The minimum Gasteiger partial charge on any atom is -0.379 e. The summed E-state index contributed by atoms with van der Waals surface area (Å²) in [7, 11) is 0. The van der Waals surface area contributed by atoms with E-state index in [0.717, 1.165) is 15.4 Å². The van der Waals surface area contributed by atoms with E-state index in [2.05, 4.69) is 40.2 Å². The molecular weight excluding hydrogens is 308 g/mol. The number of hydrogen-bond acceptors (Lipinski definition) is 3. The summed E-state index contributed by atoms with van der Waals surface area (Å²) in [5.41, 5.74) is 7.51. The third kappa shape index (κ3) is 2.10. The van der Waals surface area contributed by atoms with E-state index >= 15 is 0 Å². The SMILES string of the molecule is NC1=NC(C2(c3cccc(Br)c3)CCCC2)CS1. The Morgan fingerprint density at radius 2 is 2.11 bits per heavy atom. The second-order valence-corrected chi connectivity index (χ2v) is 7.12. The fourth-order valence-corrected chi connectivity index (χ4v) is 4.62. The van der Waals surface area contributed by atoms with Crippen LogP contribution in [0.25, 0.3) is 0 Å². The smallest absolute Gasteiger partial charge is 0.154 e. The van der Waals surface area contributed by atoms with Gasteiger partial charge in [0.2, 0.25) is 0 Å². The van der Waals surface area contributed by atoms with E-state index in [1.54, 1.807) is 11.8 Å². The molecule has 0 bridgehead atoms. The Labute approximate surface area is 121 Å². The number of amidine groups is 1. The minimum atomic E-state index is 0.220. The molecule has 0 saturated heterocycles. The minimum absolute atomic E-state index is 0.220. The molecule has 1 aromatic rings. The van der Waals surface area contributed by atoms with Crippen LogP contribution in [-0.2, 0) is 5.41 Å². The second kappa shape index (κ2) is 4.89. The number of aliphatic imine (C=N–C) groups is 1. The maximum atomic E-state index is 5.86. The molecule has 1 fully saturated rings. The first kappa shape index (κ1) is 12.5. The lowest BCUT2D eigenvalue weighted by atomic mass is 9.73.